The summed E-state index contributed by atoms with van der Waals surface area (Å²) in [6.45, 7) is 6.43. The van der Waals surface area contributed by atoms with Crippen molar-refractivity contribution in [3.8, 4) is 5.69 Å². The van der Waals surface area contributed by atoms with Crippen LogP contribution >= 0.6 is 11.3 Å². The van der Waals surface area contributed by atoms with Crippen LogP contribution in [0.5, 0.6) is 0 Å². The molecule has 2 N–H and O–H groups in total. The van der Waals surface area contributed by atoms with Crippen molar-refractivity contribution in [2.24, 2.45) is 0 Å². The number of fused-ring (bicyclic) bond motifs is 1. The minimum atomic E-state index is -2.64. The first kappa shape index (κ1) is 24.8. The summed E-state index contributed by atoms with van der Waals surface area (Å²) in [5.74, 6) is -0.625. The van der Waals surface area contributed by atoms with Gasteiger partial charge >= 0.3 is 0 Å². The minimum absolute atomic E-state index is 0.163. The number of carbonyl (C=O) groups is 2. The number of nitrogens with zero attached hydrogens (tertiary/aromatic N) is 3. The number of imidazole rings is 1. The Morgan fingerprint density at radius 2 is 1.89 bits per heavy atom. The summed E-state index contributed by atoms with van der Waals surface area (Å²) in [6, 6.07) is 15.8. The number of aromatic nitrogens is 2. The smallest absolute Gasteiger partial charge is 0.272 e. The maximum absolute atomic E-state index is 13.1. The lowest BCUT2D eigenvalue weighted by atomic mass is 10.2. The molecule has 0 bridgehead atoms. The molecule has 0 atom stereocenters. The van der Waals surface area contributed by atoms with Crippen LogP contribution in [-0.2, 0) is 11.3 Å². The lowest BCUT2D eigenvalue weighted by Crippen LogP contribution is -2.18. The molecule has 4 aromatic rings. The topological polar surface area (TPSA) is 79.3 Å². The zero-order valence-electron chi connectivity index (χ0n) is 19.9. The molecular weight excluding hydrogens is 496 g/mol. The molecule has 0 spiro atoms. The number of benzene rings is 2. The predicted octanol–water partition coefficient (Wildman–Crippen LogP) is 6.00. The van der Waals surface area contributed by atoms with E-state index in [1.54, 1.807) is 22.8 Å². The van der Waals surface area contributed by atoms with Crippen LogP contribution in [-0.4, -0.2) is 39.4 Å². The maximum Gasteiger partial charge on any atom is 0.272 e. The highest BCUT2D eigenvalue weighted by Gasteiger charge is 2.20. The Hall–Kier alpha value is -3.89. The number of alkyl halides is 2. The summed E-state index contributed by atoms with van der Waals surface area (Å²) in [6.07, 6.45) is 0.934. The van der Waals surface area contributed by atoms with Gasteiger partial charge in [-0.3, -0.25) is 24.4 Å². The molecule has 37 heavy (non-hydrogen) atoms. The normalized spacial score (nSPS) is 13.8. The third-order valence-corrected chi connectivity index (χ3v) is 7.26. The van der Waals surface area contributed by atoms with E-state index in [1.165, 1.54) is 31.1 Å². The first-order valence-electron chi connectivity index (χ1n) is 11.9. The number of likely N-dealkylation sites (tertiary alicyclic amines) is 1. The molecule has 0 saturated carbocycles. The monoisotopic (exact) mass is 521 g/mol. The summed E-state index contributed by atoms with van der Waals surface area (Å²) in [4.78, 5) is 31.9. The van der Waals surface area contributed by atoms with Crippen LogP contribution in [0.2, 0.25) is 0 Å². The third-order valence-electron chi connectivity index (χ3n) is 6.17. The van der Waals surface area contributed by atoms with Gasteiger partial charge in [0.25, 0.3) is 12.3 Å². The second-order valence-electron chi connectivity index (χ2n) is 8.78. The van der Waals surface area contributed by atoms with Crippen molar-refractivity contribution in [2.45, 2.75) is 25.8 Å². The van der Waals surface area contributed by atoms with E-state index in [0.717, 1.165) is 42.1 Å². The summed E-state index contributed by atoms with van der Waals surface area (Å²) >= 11 is 0.747. The van der Waals surface area contributed by atoms with Gasteiger partial charge in [-0.2, -0.15) is 0 Å². The van der Waals surface area contributed by atoms with Gasteiger partial charge in [0.1, 0.15) is 0 Å². The van der Waals surface area contributed by atoms with E-state index in [1.807, 2.05) is 24.3 Å². The molecule has 1 fully saturated rings. The first-order valence-corrected chi connectivity index (χ1v) is 12.7. The van der Waals surface area contributed by atoms with E-state index >= 15 is 0 Å². The van der Waals surface area contributed by atoms with Gasteiger partial charge in [0.15, 0.2) is 0 Å². The molecule has 1 saturated heterocycles. The highest BCUT2D eigenvalue weighted by atomic mass is 32.1. The number of halogens is 2. The molecule has 10 heteroatoms. The molecule has 0 aliphatic carbocycles. The van der Waals surface area contributed by atoms with E-state index in [0.29, 0.717) is 16.9 Å². The average molecular weight is 522 g/mol. The van der Waals surface area contributed by atoms with Crippen LogP contribution in [0.3, 0.4) is 0 Å². The number of anilines is 2. The Balaban J connectivity index is 1.54. The second-order valence-corrected chi connectivity index (χ2v) is 9.89. The number of nitrogens with one attached hydrogen (secondary N) is 2. The molecule has 5 rings (SSSR count). The first-order chi connectivity index (χ1) is 17.9. The maximum atomic E-state index is 13.1. The predicted molar refractivity (Wildman–Crippen MR) is 142 cm³/mol. The van der Waals surface area contributed by atoms with Gasteiger partial charge in [0, 0.05) is 12.2 Å². The van der Waals surface area contributed by atoms with Crippen LogP contribution in [0.1, 0.15) is 39.4 Å². The van der Waals surface area contributed by atoms with Crippen molar-refractivity contribution in [3.05, 3.63) is 82.6 Å². The van der Waals surface area contributed by atoms with Gasteiger partial charge in [0.05, 0.1) is 26.5 Å². The molecular formula is C27H25F2N5O2S. The van der Waals surface area contributed by atoms with E-state index < -0.39 is 12.3 Å². The van der Waals surface area contributed by atoms with Crippen molar-refractivity contribution < 1.29 is 18.4 Å². The third kappa shape index (κ3) is 5.45. The zero-order valence-corrected chi connectivity index (χ0v) is 20.7. The van der Waals surface area contributed by atoms with Crippen LogP contribution in [0, 0.1) is 0 Å². The van der Waals surface area contributed by atoms with Crippen molar-refractivity contribution in [2.75, 3.05) is 23.7 Å². The quantitative estimate of drug-likeness (QED) is 0.279. The Morgan fingerprint density at radius 3 is 2.62 bits per heavy atom. The number of amides is 2. The van der Waals surface area contributed by atoms with Crippen LogP contribution in [0.15, 0.2) is 67.3 Å². The molecule has 0 radical (unpaired) electrons. The molecule has 7 nitrogen and oxygen atoms in total. The van der Waals surface area contributed by atoms with Gasteiger partial charge < -0.3 is 5.32 Å². The Morgan fingerprint density at radius 1 is 1.08 bits per heavy atom. The van der Waals surface area contributed by atoms with Crippen LogP contribution in [0.25, 0.3) is 16.7 Å². The number of rotatable bonds is 8. The molecule has 3 heterocycles. The van der Waals surface area contributed by atoms with Gasteiger partial charge in [-0.15, -0.1) is 11.3 Å². The lowest BCUT2D eigenvalue weighted by Gasteiger charge is -2.14. The van der Waals surface area contributed by atoms with Crippen molar-refractivity contribution in [3.63, 3.8) is 0 Å². The van der Waals surface area contributed by atoms with E-state index in [-0.39, 0.29) is 21.6 Å². The molecule has 2 aromatic heterocycles. The molecule has 190 valence electrons. The number of carbonyl (C=O) groups excluding carboxylic acids is 2. The SMILES string of the molecule is C=CC(=O)Nc1cccc(-n2c(NC(=O)c3ccc(C(F)F)s3)nc3cc(CN4CCCC4)ccc32)c1. The second kappa shape index (κ2) is 10.6. The summed E-state index contributed by atoms with van der Waals surface area (Å²) in [5.41, 5.74) is 3.77. The number of hydrogen-bond donors (Lipinski definition) is 2. The molecule has 0 unspecified atom stereocenters. The fourth-order valence-corrected chi connectivity index (χ4v) is 5.20. The molecule has 1 aliphatic rings. The molecule has 2 aromatic carbocycles. The van der Waals surface area contributed by atoms with Crippen molar-refractivity contribution >= 4 is 45.8 Å². The van der Waals surface area contributed by atoms with Gasteiger partial charge in [-0.25, -0.2) is 13.8 Å². The lowest BCUT2D eigenvalue weighted by molar-refractivity contribution is -0.111. The zero-order chi connectivity index (χ0) is 25.9. The highest BCUT2D eigenvalue weighted by Crippen LogP contribution is 2.30. The van der Waals surface area contributed by atoms with Crippen LogP contribution < -0.4 is 10.6 Å². The van der Waals surface area contributed by atoms with E-state index in [4.69, 9.17) is 4.98 Å². The van der Waals surface area contributed by atoms with Gasteiger partial charge in [-0.05, 0) is 80.0 Å². The average Bonchev–Trinajstić information content (AvgIpc) is 3.64. The Bertz CT molecular complexity index is 1470. The van der Waals surface area contributed by atoms with E-state index in [9.17, 15) is 18.4 Å². The number of hydrogen-bond acceptors (Lipinski definition) is 5. The largest absolute Gasteiger partial charge is 0.322 e. The van der Waals surface area contributed by atoms with Crippen molar-refractivity contribution in [1.29, 1.82) is 0 Å². The fourth-order valence-electron chi connectivity index (χ4n) is 4.44. The summed E-state index contributed by atoms with van der Waals surface area (Å²) in [5, 5.41) is 5.53. The van der Waals surface area contributed by atoms with Crippen LogP contribution in [0.4, 0.5) is 20.4 Å². The van der Waals surface area contributed by atoms with Crippen molar-refractivity contribution in [1.82, 2.24) is 14.5 Å². The summed E-state index contributed by atoms with van der Waals surface area (Å²) < 4.78 is 27.9. The minimum Gasteiger partial charge on any atom is -0.322 e. The summed E-state index contributed by atoms with van der Waals surface area (Å²) in [7, 11) is 0. The number of thiophene rings is 1. The highest BCUT2D eigenvalue weighted by molar-refractivity contribution is 7.14. The van der Waals surface area contributed by atoms with Gasteiger partial charge in [-0.1, -0.05) is 18.7 Å². The Kier molecular flexibility index (Phi) is 7.11. The molecule has 1 aliphatic heterocycles. The van der Waals surface area contributed by atoms with E-state index in [2.05, 4.69) is 22.1 Å². The van der Waals surface area contributed by atoms with Gasteiger partial charge in [0.2, 0.25) is 11.9 Å². The standard InChI is InChI=1S/C27H25F2N5O2S/c1-2-24(35)30-18-6-5-7-19(15-18)34-21-9-8-17(16-33-12-3-4-13-33)14-20(21)31-27(34)32-26(36)23-11-10-22(37-23)25(28)29/h2,5-11,14-15,25H,1,3-4,12-13,16H2,(H,30,35)(H,31,32,36). The Labute approximate surface area is 216 Å². The fraction of sp³-hybridized carbons (Fsp3) is 0.222. The molecule has 2 amide bonds.